The normalized spacial score (nSPS) is 12.1. The zero-order valence-corrected chi connectivity index (χ0v) is 15.9. The van der Waals surface area contributed by atoms with Crippen LogP contribution < -0.4 is 0 Å². The van der Waals surface area contributed by atoms with E-state index < -0.39 is 6.10 Å². The summed E-state index contributed by atoms with van der Waals surface area (Å²) in [4.78, 5) is 9.05. The van der Waals surface area contributed by atoms with Crippen molar-refractivity contribution < 1.29 is 5.11 Å². The SMILES string of the molecule is Cc1cnc(C)c(-c2cccc(-c3ccn(C[C@H](O)c4ccccc4)n3)c2)n1. The minimum Gasteiger partial charge on any atom is -0.386 e. The molecule has 0 unspecified atom stereocenters. The molecule has 0 aliphatic carbocycles. The number of nitrogens with zero attached hydrogens (tertiary/aromatic N) is 4. The fraction of sp³-hybridized carbons (Fsp3) is 0.174. The first kappa shape index (κ1) is 18.1. The van der Waals surface area contributed by atoms with Gasteiger partial charge in [-0.3, -0.25) is 9.67 Å². The van der Waals surface area contributed by atoms with Gasteiger partial charge >= 0.3 is 0 Å². The predicted octanol–water partition coefficient (Wildman–Crippen LogP) is 4.36. The second-order valence-corrected chi connectivity index (χ2v) is 6.88. The van der Waals surface area contributed by atoms with Gasteiger partial charge < -0.3 is 5.11 Å². The van der Waals surface area contributed by atoms with E-state index in [-0.39, 0.29) is 0 Å². The third kappa shape index (κ3) is 3.85. The quantitative estimate of drug-likeness (QED) is 0.567. The first-order valence-corrected chi connectivity index (χ1v) is 9.27. The van der Waals surface area contributed by atoms with Crippen LogP contribution in [0.2, 0.25) is 0 Å². The lowest BCUT2D eigenvalue weighted by atomic mass is 10.0. The van der Waals surface area contributed by atoms with Crippen LogP contribution in [0.4, 0.5) is 0 Å². The highest BCUT2D eigenvalue weighted by Crippen LogP contribution is 2.26. The molecule has 0 aliphatic heterocycles. The molecule has 28 heavy (non-hydrogen) atoms. The van der Waals surface area contributed by atoms with Crippen molar-refractivity contribution in [3.05, 3.63) is 90.0 Å². The summed E-state index contributed by atoms with van der Waals surface area (Å²) in [7, 11) is 0. The van der Waals surface area contributed by atoms with Gasteiger partial charge in [0.05, 0.1) is 35.4 Å². The van der Waals surface area contributed by atoms with E-state index >= 15 is 0 Å². The van der Waals surface area contributed by atoms with Crippen molar-refractivity contribution in [2.75, 3.05) is 0 Å². The number of hydrogen-bond acceptors (Lipinski definition) is 4. The van der Waals surface area contributed by atoms with Crippen LogP contribution in [0.25, 0.3) is 22.5 Å². The molecule has 4 aromatic rings. The van der Waals surface area contributed by atoms with Gasteiger partial charge in [-0.15, -0.1) is 0 Å². The average Bonchev–Trinajstić information content (AvgIpc) is 3.19. The van der Waals surface area contributed by atoms with Crippen LogP contribution in [0.1, 0.15) is 23.1 Å². The van der Waals surface area contributed by atoms with Gasteiger partial charge in [-0.05, 0) is 31.5 Å². The molecule has 2 heterocycles. The molecule has 1 atom stereocenters. The van der Waals surface area contributed by atoms with E-state index in [1.807, 2.05) is 74.6 Å². The average molecular weight is 370 g/mol. The largest absolute Gasteiger partial charge is 0.386 e. The number of aromatic nitrogens is 4. The third-order valence-electron chi connectivity index (χ3n) is 4.69. The molecule has 2 aromatic heterocycles. The van der Waals surface area contributed by atoms with Crippen LogP contribution in [0.15, 0.2) is 73.1 Å². The Kier molecular flexibility index (Phi) is 5.00. The van der Waals surface area contributed by atoms with Crippen molar-refractivity contribution in [3.63, 3.8) is 0 Å². The van der Waals surface area contributed by atoms with E-state index in [1.54, 1.807) is 10.9 Å². The van der Waals surface area contributed by atoms with Gasteiger partial charge in [-0.2, -0.15) is 5.10 Å². The molecule has 0 fully saturated rings. The maximum Gasteiger partial charge on any atom is 0.0985 e. The lowest BCUT2D eigenvalue weighted by Crippen LogP contribution is -2.09. The number of aliphatic hydroxyl groups is 1. The predicted molar refractivity (Wildman–Crippen MR) is 110 cm³/mol. The van der Waals surface area contributed by atoms with Gasteiger partial charge in [0.2, 0.25) is 0 Å². The molecule has 4 rings (SSSR count). The van der Waals surface area contributed by atoms with E-state index in [4.69, 9.17) is 0 Å². The van der Waals surface area contributed by atoms with Crippen molar-refractivity contribution in [2.45, 2.75) is 26.5 Å². The Bertz CT molecular complexity index is 1090. The molecule has 2 aromatic carbocycles. The molecule has 140 valence electrons. The Morgan fingerprint density at radius 3 is 2.57 bits per heavy atom. The molecule has 0 saturated carbocycles. The van der Waals surface area contributed by atoms with Gasteiger partial charge in [0, 0.05) is 23.5 Å². The molecule has 5 heteroatoms. The fourth-order valence-corrected chi connectivity index (χ4v) is 3.21. The Balaban J connectivity index is 1.58. The smallest absolute Gasteiger partial charge is 0.0985 e. The van der Waals surface area contributed by atoms with Crippen LogP contribution in [-0.4, -0.2) is 24.9 Å². The molecule has 0 aliphatic rings. The molecular formula is C23H22N4O. The summed E-state index contributed by atoms with van der Waals surface area (Å²) in [5.74, 6) is 0. The molecule has 0 radical (unpaired) electrons. The lowest BCUT2D eigenvalue weighted by Gasteiger charge is -2.11. The first-order chi connectivity index (χ1) is 13.6. The fourth-order valence-electron chi connectivity index (χ4n) is 3.21. The van der Waals surface area contributed by atoms with E-state index in [1.165, 1.54) is 0 Å². The summed E-state index contributed by atoms with van der Waals surface area (Å²) in [5, 5.41) is 15.1. The molecule has 5 nitrogen and oxygen atoms in total. The van der Waals surface area contributed by atoms with E-state index in [9.17, 15) is 5.11 Å². The molecular weight excluding hydrogens is 348 g/mol. The Labute approximate surface area is 164 Å². The molecule has 0 amide bonds. The number of benzene rings is 2. The first-order valence-electron chi connectivity index (χ1n) is 9.27. The van der Waals surface area contributed by atoms with E-state index in [2.05, 4.69) is 21.1 Å². The highest BCUT2D eigenvalue weighted by atomic mass is 16.3. The van der Waals surface area contributed by atoms with Crippen LogP contribution in [0.5, 0.6) is 0 Å². The summed E-state index contributed by atoms with van der Waals surface area (Å²) >= 11 is 0. The maximum atomic E-state index is 10.4. The van der Waals surface area contributed by atoms with Gasteiger partial charge in [-0.25, -0.2) is 4.98 Å². The lowest BCUT2D eigenvalue weighted by molar-refractivity contribution is 0.151. The molecule has 0 saturated heterocycles. The van der Waals surface area contributed by atoms with Gasteiger partial charge in [-0.1, -0.05) is 48.5 Å². The summed E-state index contributed by atoms with van der Waals surface area (Å²) in [6, 6.07) is 19.7. The summed E-state index contributed by atoms with van der Waals surface area (Å²) in [6.45, 7) is 4.32. The summed E-state index contributed by atoms with van der Waals surface area (Å²) in [5.41, 5.74) is 6.46. The zero-order chi connectivity index (χ0) is 19.5. The number of rotatable bonds is 5. The minimum atomic E-state index is -0.592. The third-order valence-corrected chi connectivity index (χ3v) is 4.69. The van der Waals surface area contributed by atoms with Crippen LogP contribution in [0.3, 0.4) is 0 Å². The van der Waals surface area contributed by atoms with Crippen molar-refractivity contribution >= 4 is 0 Å². The van der Waals surface area contributed by atoms with Crippen molar-refractivity contribution in [3.8, 4) is 22.5 Å². The van der Waals surface area contributed by atoms with Crippen molar-refractivity contribution in [1.82, 2.24) is 19.7 Å². The highest BCUT2D eigenvalue weighted by Gasteiger charge is 2.11. The number of hydrogen-bond donors (Lipinski definition) is 1. The van der Waals surface area contributed by atoms with Gasteiger partial charge in [0.25, 0.3) is 0 Å². The summed E-state index contributed by atoms with van der Waals surface area (Å²) in [6.07, 6.45) is 3.08. The second-order valence-electron chi connectivity index (χ2n) is 6.88. The Morgan fingerprint density at radius 2 is 1.75 bits per heavy atom. The maximum absolute atomic E-state index is 10.4. The highest BCUT2D eigenvalue weighted by molar-refractivity contribution is 5.70. The number of aliphatic hydroxyl groups excluding tert-OH is 1. The van der Waals surface area contributed by atoms with Gasteiger partial charge in [0.15, 0.2) is 0 Å². The van der Waals surface area contributed by atoms with Crippen LogP contribution >= 0.6 is 0 Å². The number of aryl methyl sites for hydroxylation is 2. The molecule has 0 spiro atoms. The Hall–Kier alpha value is -3.31. The standard InChI is InChI=1S/C23H22N4O/c1-16-14-24-17(2)23(25-16)20-10-6-9-19(13-20)21-11-12-27(26-21)15-22(28)18-7-4-3-5-8-18/h3-14,22,28H,15H2,1-2H3/t22-/m0/s1. The summed E-state index contributed by atoms with van der Waals surface area (Å²) < 4.78 is 1.78. The molecule has 1 N–H and O–H groups in total. The van der Waals surface area contributed by atoms with Crippen LogP contribution in [-0.2, 0) is 6.54 Å². The van der Waals surface area contributed by atoms with E-state index in [0.29, 0.717) is 6.54 Å². The monoisotopic (exact) mass is 370 g/mol. The van der Waals surface area contributed by atoms with E-state index in [0.717, 1.165) is 39.5 Å². The zero-order valence-electron chi connectivity index (χ0n) is 15.9. The van der Waals surface area contributed by atoms with Crippen molar-refractivity contribution in [1.29, 1.82) is 0 Å². The topological polar surface area (TPSA) is 63.8 Å². The second kappa shape index (κ2) is 7.74. The molecule has 0 bridgehead atoms. The van der Waals surface area contributed by atoms with Crippen molar-refractivity contribution in [2.24, 2.45) is 0 Å². The Morgan fingerprint density at radius 1 is 0.964 bits per heavy atom. The van der Waals surface area contributed by atoms with Gasteiger partial charge in [0.1, 0.15) is 0 Å². The van der Waals surface area contributed by atoms with Crippen LogP contribution in [0, 0.1) is 13.8 Å². The minimum absolute atomic E-state index is 0.409.